The van der Waals surface area contributed by atoms with E-state index in [0.29, 0.717) is 5.82 Å². The van der Waals surface area contributed by atoms with Gasteiger partial charge in [-0.3, -0.25) is 0 Å². The van der Waals surface area contributed by atoms with E-state index in [2.05, 4.69) is 13.1 Å². The fourth-order valence-electron chi connectivity index (χ4n) is 3.34. The molecular weight excluding hydrogens is 258 g/mol. The molecule has 2 aliphatic rings. The van der Waals surface area contributed by atoms with Gasteiger partial charge in [-0.2, -0.15) is 0 Å². The van der Waals surface area contributed by atoms with Gasteiger partial charge in [0.05, 0.1) is 0 Å². The molecule has 2 aromatic rings. The molecule has 3 heterocycles. The first-order valence-corrected chi connectivity index (χ1v) is 9.63. The Bertz CT molecular complexity index is 750. The van der Waals surface area contributed by atoms with Crippen LogP contribution in [0.3, 0.4) is 0 Å². The second-order valence-electron chi connectivity index (χ2n) is 5.90. The van der Waals surface area contributed by atoms with Crippen LogP contribution >= 0.6 is 0 Å². The van der Waals surface area contributed by atoms with Crippen molar-refractivity contribution in [2.24, 2.45) is 7.05 Å². The van der Waals surface area contributed by atoms with Gasteiger partial charge in [0.1, 0.15) is 0 Å². The summed E-state index contributed by atoms with van der Waals surface area (Å²) in [4.78, 5) is 12.8. The van der Waals surface area contributed by atoms with Crippen molar-refractivity contribution in [1.82, 2.24) is 4.57 Å². The Morgan fingerprint density at radius 1 is 1.26 bits per heavy atom. The Morgan fingerprint density at radius 3 is 2.79 bits per heavy atom. The fourth-order valence-corrected chi connectivity index (χ4v) is 7.46. The minimum atomic E-state index is -3.22. The molecule has 0 fully saturated rings. The Hall–Kier alpha value is -2.08. The quantitative estimate of drug-likeness (QED) is 0.680. The Labute approximate surface area is 111 Å². The van der Waals surface area contributed by atoms with Crippen molar-refractivity contribution < 1.29 is 13.5 Å². The molecule has 2 aliphatic heterocycles. The van der Waals surface area contributed by atoms with Crippen molar-refractivity contribution in [2.45, 2.75) is 13.1 Å². The van der Waals surface area contributed by atoms with Gasteiger partial charge in [-0.15, -0.1) is 0 Å². The summed E-state index contributed by atoms with van der Waals surface area (Å²) in [6.45, 7) is 4.16. The molecule has 0 aliphatic carbocycles. The van der Waals surface area contributed by atoms with Crippen LogP contribution in [0.5, 0.6) is 5.75 Å². The van der Waals surface area contributed by atoms with Gasteiger partial charge in [0.25, 0.3) is 0 Å². The molecule has 0 saturated carbocycles. The van der Waals surface area contributed by atoms with E-state index in [0.717, 1.165) is 11.4 Å². The molecule has 6 heteroatoms. The fraction of sp³-hybridized carbons (Fsp3) is 0.231. The van der Waals surface area contributed by atoms with Crippen LogP contribution in [0, 0.1) is 0 Å². The zero-order valence-electron chi connectivity index (χ0n) is 11.1. The van der Waals surface area contributed by atoms with Crippen LogP contribution in [0.1, 0.15) is 10.6 Å². The Balaban J connectivity index is 2.08. The summed E-state index contributed by atoms with van der Waals surface area (Å²) in [5, 5.41) is 0. The second kappa shape index (κ2) is 2.75. The molecule has 0 radical (unpaired) electrons. The van der Waals surface area contributed by atoms with Gasteiger partial charge in [0, 0.05) is 0 Å². The SMILES string of the molecule is Cn1cc[n+]2c1C(=O)N1c3ccccc3O[Si-]12(C)C. The topological polar surface area (TPSA) is 38.3 Å². The minimum absolute atomic E-state index is 0.0239. The number of para-hydroxylation sites is 2. The predicted molar refractivity (Wildman–Crippen MR) is 72.4 cm³/mol. The third kappa shape index (κ3) is 0.986. The second-order valence-corrected chi connectivity index (χ2v) is 11.2. The molecule has 1 aromatic heterocycles. The van der Waals surface area contributed by atoms with E-state index in [1.54, 1.807) is 0 Å². The van der Waals surface area contributed by atoms with Gasteiger partial charge in [-0.25, -0.2) is 0 Å². The third-order valence-electron chi connectivity index (χ3n) is 4.23. The van der Waals surface area contributed by atoms with Gasteiger partial charge >= 0.3 is 110 Å². The molecule has 1 aromatic carbocycles. The number of carbonyl (C=O) groups is 1. The molecule has 0 bridgehead atoms. The number of amides is 1. The van der Waals surface area contributed by atoms with Gasteiger partial charge in [0.15, 0.2) is 0 Å². The molecule has 0 atom stereocenters. The molecule has 0 spiro atoms. The summed E-state index contributed by atoms with van der Waals surface area (Å²) in [6.07, 6.45) is 3.86. The van der Waals surface area contributed by atoms with E-state index < -0.39 is 7.92 Å². The molecule has 1 amide bonds. The number of fused-ring (bicyclic) bond motifs is 5. The summed E-state index contributed by atoms with van der Waals surface area (Å²) < 4.78 is 12.1. The molecule has 0 saturated heterocycles. The van der Waals surface area contributed by atoms with E-state index >= 15 is 0 Å². The number of hydrogen-bond acceptors (Lipinski definition) is 2. The molecule has 0 unspecified atom stereocenters. The van der Waals surface area contributed by atoms with Crippen LogP contribution in [-0.4, -0.2) is 18.4 Å². The van der Waals surface area contributed by atoms with Crippen molar-refractivity contribution in [2.75, 3.05) is 4.57 Å². The summed E-state index contributed by atoms with van der Waals surface area (Å²) >= 11 is 0. The normalized spacial score (nSPS) is 23.0. The number of aryl methyl sites for hydroxylation is 1. The number of nitrogens with zero attached hydrogens (tertiary/aromatic N) is 3. The molecule has 19 heavy (non-hydrogen) atoms. The van der Waals surface area contributed by atoms with E-state index in [-0.39, 0.29) is 5.91 Å². The number of carbonyl (C=O) groups excluding carboxylic acids is 1. The number of anilines is 1. The number of aromatic nitrogens is 2. The van der Waals surface area contributed by atoms with Gasteiger partial charge in [-0.05, 0) is 0 Å². The van der Waals surface area contributed by atoms with Gasteiger partial charge < -0.3 is 0 Å². The van der Waals surface area contributed by atoms with Crippen LogP contribution in [0.2, 0.25) is 13.1 Å². The summed E-state index contributed by atoms with van der Waals surface area (Å²) in [5.74, 6) is 1.51. The van der Waals surface area contributed by atoms with Crippen molar-refractivity contribution in [3.63, 3.8) is 0 Å². The first-order chi connectivity index (χ1) is 8.92. The maximum absolute atomic E-state index is 12.8. The van der Waals surface area contributed by atoms with E-state index in [1.807, 2.05) is 57.1 Å². The first-order valence-electron chi connectivity index (χ1n) is 6.33. The van der Waals surface area contributed by atoms with Crippen LogP contribution in [-0.2, 0) is 7.05 Å². The number of rotatable bonds is 0. The summed E-state index contributed by atoms with van der Waals surface area (Å²) in [5.41, 5.74) is 0.884. The van der Waals surface area contributed by atoms with Crippen molar-refractivity contribution in [3.8, 4) is 5.75 Å². The van der Waals surface area contributed by atoms with Crippen molar-refractivity contribution in [1.29, 1.82) is 0 Å². The van der Waals surface area contributed by atoms with Crippen LogP contribution in [0.15, 0.2) is 36.7 Å². The number of hydrogen-bond donors (Lipinski definition) is 0. The maximum atomic E-state index is 12.8. The summed E-state index contributed by atoms with van der Waals surface area (Å²) in [7, 11) is -1.33. The molecule has 0 N–H and O–H groups in total. The monoisotopic (exact) mass is 273 g/mol. The van der Waals surface area contributed by atoms with E-state index in [9.17, 15) is 4.79 Å². The number of imidazole rings is 1. The number of benzene rings is 1. The van der Waals surface area contributed by atoms with E-state index in [4.69, 9.17) is 4.43 Å². The molecule has 4 rings (SSSR count). The zero-order valence-corrected chi connectivity index (χ0v) is 12.1. The zero-order chi connectivity index (χ0) is 13.4. The third-order valence-corrected chi connectivity index (χ3v) is 8.50. The standard InChI is InChI=1S/C13H15N3O2Si/c1-14-8-9-15-12(14)13(17)16-10-6-4-5-7-11(10)18-19(15,16,2)3/h4-9H,1-3H3. The first kappa shape index (κ1) is 10.8. The van der Waals surface area contributed by atoms with Gasteiger partial charge in [-0.1, -0.05) is 0 Å². The van der Waals surface area contributed by atoms with Crippen LogP contribution < -0.4 is 13.2 Å². The summed E-state index contributed by atoms with van der Waals surface area (Å²) in [6, 6.07) is 7.75. The average Bonchev–Trinajstić information content (AvgIpc) is 2.89. The predicted octanol–water partition coefficient (Wildman–Crippen LogP) is 1.37. The molecule has 98 valence electrons. The van der Waals surface area contributed by atoms with Crippen molar-refractivity contribution >= 4 is 19.5 Å². The Kier molecular flexibility index (Phi) is 1.56. The van der Waals surface area contributed by atoms with E-state index in [1.165, 1.54) is 0 Å². The average molecular weight is 273 g/mol. The van der Waals surface area contributed by atoms with Crippen molar-refractivity contribution in [3.05, 3.63) is 42.5 Å². The van der Waals surface area contributed by atoms with Crippen LogP contribution in [0.25, 0.3) is 0 Å². The van der Waals surface area contributed by atoms with Crippen LogP contribution in [0.4, 0.5) is 5.69 Å². The Morgan fingerprint density at radius 2 is 2.00 bits per heavy atom. The molecule has 5 nitrogen and oxygen atoms in total. The molecular formula is C13H15N3O2Si. The van der Waals surface area contributed by atoms with Gasteiger partial charge in [0.2, 0.25) is 0 Å².